The Morgan fingerprint density at radius 3 is 2.73 bits per heavy atom. The van der Waals surface area contributed by atoms with Crippen LogP contribution in [0.15, 0.2) is 53.3 Å². The van der Waals surface area contributed by atoms with Crippen molar-refractivity contribution in [3.05, 3.63) is 70.3 Å². The number of hydrogen-bond acceptors (Lipinski definition) is 5. The summed E-state index contributed by atoms with van der Waals surface area (Å²) in [5.74, 6) is 1.27. The lowest BCUT2D eigenvalue weighted by molar-refractivity contribution is -0.133. The second-order valence-corrected chi connectivity index (χ2v) is 6.64. The summed E-state index contributed by atoms with van der Waals surface area (Å²) in [7, 11) is 1.56. The Kier molecular flexibility index (Phi) is 6.85. The van der Waals surface area contributed by atoms with Crippen molar-refractivity contribution in [2.75, 3.05) is 20.3 Å². The summed E-state index contributed by atoms with van der Waals surface area (Å²) in [4.78, 5) is 33.7. The maximum atomic E-state index is 12.7. The summed E-state index contributed by atoms with van der Waals surface area (Å²) < 4.78 is 11.1. The molecule has 0 fully saturated rings. The number of nitrogens with one attached hydrogen (secondary N) is 1. The number of hydrogen-bond donors (Lipinski definition) is 1. The Morgan fingerprint density at radius 2 is 2.00 bits per heavy atom. The van der Waals surface area contributed by atoms with E-state index in [0.717, 1.165) is 5.56 Å². The number of amides is 1. The van der Waals surface area contributed by atoms with Crippen molar-refractivity contribution in [1.82, 2.24) is 14.9 Å². The van der Waals surface area contributed by atoms with Gasteiger partial charge in [0, 0.05) is 6.54 Å². The number of nitrogens with zero attached hydrogens (tertiary/aromatic N) is 2. The third-order valence-corrected chi connectivity index (χ3v) is 4.63. The number of benzene rings is 2. The minimum atomic E-state index is -0.221. The SMILES string of the molecule is C/C=C/c1ccc(OCC(=O)N(CC)Cc2nc3ccccc3c(=O)[nH]2)c(OC)c1. The van der Waals surface area contributed by atoms with Crippen molar-refractivity contribution in [3.8, 4) is 11.5 Å². The van der Waals surface area contributed by atoms with E-state index in [1.807, 2.05) is 44.2 Å². The van der Waals surface area contributed by atoms with Crippen LogP contribution in [0.1, 0.15) is 25.2 Å². The zero-order valence-corrected chi connectivity index (χ0v) is 17.3. The van der Waals surface area contributed by atoms with E-state index in [4.69, 9.17) is 9.47 Å². The van der Waals surface area contributed by atoms with Gasteiger partial charge in [0.05, 0.1) is 24.6 Å². The van der Waals surface area contributed by atoms with Gasteiger partial charge < -0.3 is 19.4 Å². The minimum absolute atomic E-state index is 0.148. The van der Waals surface area contributed by atoms with Gasteiger partial charge in [-0.25, -0.2) is 4.98 Å². The number of H-pyrrole nitrogens is 1. The van der Waals surface area contributed by atoms with Crippen molar-refractivity contribution >= 4 is 22.9 Å². The fourth-order valence-electron chi connectivity index (χ4n) is 3.10. The molecule has 1 heterocycles. The monoisotopic (exact) mass is 407 g/mol. The topological polar surface area (TPSA) is 84.5 Å². The van der Waals surface area contributed by atoms with Crippen LogP contribution in [0.5, 0.6) is 11.5 Å². The van der Waals surface area contributed by atoms with Crippen LogP contribution in [0.2, 0.25) is 0 Å². The van der Waals surface area contributed by atoms with Gasteiger partial charge in [-0.15, -0.1) is 0 Å². The predicted molar refractivity (Wildman–Crippen MR) is 117 cm³/mol. The van der Waals surface area contributed by atoms with Crippen LogP contribution in [-0.4, -0.2) is 41.0 Å². The molecule has 1 N–H and O–H groups in total. The predicted octanol–water partition coefficient (Wildman–Crippen LogP) is 3.39. The normalized spacial score (nSPS) is 11.0. The van der Waals surface area contributed by atoms with Crippen molar-refractivity contribution in [2.45, 2.75) is 20.4 Å². The molecule has 1 amide bonds. The Labute approximate surface area is 175 Å². The van der Waals surface area contributed by atoms with E-state index in [-0.39, 0.29) is 24.6 Å². The maximum Gasteiger partial charge on any atom is 0.260 e. The molecule has 2 aromatic carbocycles. The fraction of sp³-hybridized carbons (Fsp3) is 0.261. The molecule has 0 bridgehead atoms. The van der Waals surface area contributed by atoms with E-state index in [1.54, 1.807) is 36.3 Å². The number of aromatic nitrogens is 2. The number of carbonyl (C=O) groups excluding carboxylic acids is 1. The molecule has 30 heavy (non-hydrogen) atoms. The van der Waals surface area contributed by atoms with Crippen molar-refractivity contribution < 1.29 is 14.3 Å². The fourth-order valence-corrected chi connectivity index (χ4v) is 3.10. The van der Waals surface area contributed by atoms with Gasteiger partial charge in [0.1, 0.15) is 5.82 Å². The number of methoxy groups -OCH3 is 1. The van der Waals surface area contributed by atoms with Gasteiger partial charge in [0.15, 0.2) is 18.1 Å². The quantitative estimate of drug-likeness (QED) is 0.619. The number of para-hydroxylation sites is 1. The molecule has 0 aliphatic rings. The van der Waals surface area contributed by atoms with Crippen LogP contribution in [0.4, 0.5) is 0 Å². The Morgan fingerprint density at radius 1 is 1.20 bits per heavy atom. The molecule has 0 saturated heterocycles. The third kappa shape index (κ3) is 4.86. The Bertz CT molecular complexity index is 1120. The molecule has 7 nitrogen and oxygen atoms in total. The molecular weight excluding hydrogens is 382 g/mol. The third-order valence-electron chi connectivity index (χ3n) is 4.63. The lowest BCUT2D eigenvalue weighted by atomic mass is 10.2. The summed E-state index contributed by atoms with van der Waals surface area (Å²) in [5.41, 5.74) is 1.36. The molecule has 0 saturated carbocycles. The Balaban J connectivity index is 1.70. The van der Waals surface area contributed by atoms with E-state index >= 15 is 0 Å². The number of aromatic amines is 1. The number of likely N-dealkylation sites (N-methyl/N-ethyl adjacent to an activating group) is 1. The molecular formula is C23H25N3O4. The number of fused-ring (bicyclic) bond motifs is 1. The molecule has 0 unspecified atom stereocenters. The lowest BCUT2D eigenvalue weighted by Gasteiger charge is -2.21. The number of allylic oxidation sites excluding steroid dienone is 1. The van der Waals surface area contributed by atoms with Gasteiger partial charge in [-0.05, 0) is 43.7 Å². The molecule has 3 aromatic rings. The summed E-state index contributed by atoms with van der Waals surface area (Å²) in [6.45, 7) is 4.30. The van der Waals surface area contributed by atoms with E-state index in [9.17, 15) is 9.59 Å². The van der Waals surface area contributed by atoms with Crippen LogP contribution in [0, 0.1) is 0 Å². The first-order valence-electron chi connectivity index (χ1n) is 9.75. The summed E-state index contributed by atoms with van der Waals surface area (Å²) in [5, 5.41) is 0.521. The number of carbonyl (C=O) groups is 1. The largest absolute Gasteiger partial charge is 0.493 e. The first-order valence-corrected chi connectivity index (χ1v) is 9.75. The zero-order chi connectivity index (χ0) is 21.5. The average molecular weight is 407 g/mol. The van der Waals surface area contributed by atoms with Gasteiger partial charge in [-0.3, -0.25) is 9.59 Å². The second kappa shape index (κ2) is 9.73. The highest BCUT2D eigenvalue weighted by Gasteiger charge is 2.16. The van der Waals surface area contributed by atoms with Crippen molar-refractivity contribution in [3.63, 3.8) is 0 Å². The molecule has 0 atom stereocenters. The van der Waals surface area contributed by atoms with E-state index in [2.05, 4.69) is 9.97 Å². The smallest absolute Gasteiger partial charge is 0.260 e. The highest BCUT2D eigenvalue weighted by atomic mass is 16.5. The first-order chi connectivity index (χ1) is 14.5. The Hall–Kier alpha value is -3.61. The molecule has 156 valence electrons. The van der Waals surface area contributed by atoms with Crippen LogP contribution in [0.25, 0.3) is 17.0 Å². The average Bonchev–Trinajstić information content (AvgIpc) is 2.76. The molecule has 1 aromatic heterocycles. The molecule has 0 aliphatic heterocycles. The summed E-state index contributed by atoms with van der Waals surface area (Å²) in [6.07, 6.45) is 3.89. The maximum absolute atomic E-state index is 12.7. The molecule has 0 spiro atoms. The highest BCUT2D eigenvalue weighted by Crippen LogP contribution is 2.28. The van der Waals surface area contributed by atoms with Crippen LogP contribution < -0.4 is 15.0 Å². The van der Waals surface area contributed by atoms with Crippen molar-refractivity contribution in [2.24, 2.45) is 0 Å². The van der Waals surface area contributed by atoms with Crippen molar-refractivity contribution in [1.29, 1.82) is 0 Å². The zero-order valence-electron chi connectivity index (χ0n) is 17.3. The first kappa shape index (κ1) is 21.1. The summed E-state index contributed by atoms with van der Waals surface area (Å²) >= 11 is 0. The standard InChI is InChI=1S/C23H25N3O4/c1-4-8-16-11-12-19(20(13-16)29-3)30-15-22(27)26(5-2)14-21-24-18-10-7-6-9-17(18)23(28)25-21/h4,6-13H,5,14-15H2,1-3H3,(H,24,25,28)/b8-4+. The van der Waals surface area contributed by atoms with Crippen LogP contribution in [-0.2, 0) is 11.3 Å². The van der Waals surface area contributed by atoms with E-state index in [0.29, 0.717) is 34.8 Å². The number of ether oxygens (including phenoxy) is 2. The molecule has 7 heteroatoms. The van der Waals surface area contributed by atoms with Crippen LogP contribution >= 0.6 is 0 Å². The van der Waals surface area contributed by atoms with E-state index in [1.165, 1.54) is 0 Å². The molecule has 0 aliphatic carbocycles. The van der Waals surface area contributed by atoms with Gasteiger partial charge in [0.2, 0.25) is 0 Å². The lowest BCUT2D eigenvalue weighted by Crippen LogP contribution is -2.35. The highest BCUT2D eigenvalue weighted by molar-refractivity contribution is 5.78. The second-order valence-electron chi connectivity index (χ2n) is 6.64. The van der Waals surface area contributed by atoms with Gasteiger partial charge in [0.25, 0.3) is 11.5 Å². The van der Waals surface area contributed by atoms with Gasteiger partial charge in [-0.1, -0.05) is 30.4 Å². The van der Waals surface area contributed by atoms with Gasteiger partial charge in [-0.2, -0.15) is 0 Å². The summed E-state index contributed by atoms with van der Waals surface area (Å²) in [6, 6.07) is 12.6. The molecule has 3 rings (SSSR count). The molecule has 0 radical (unpaired) electrons. The van der Waals surface area contributed by atoms with E-state index < -0.39 is 0 Å². The number of rotatable bonds is 8. The minimum Gasteiger partial charge on any atom is -0.493 e. The van der Waals surface area contributed by atoms with Gasteiger partial charge >= 0.3 is 0 Å². The van der Waals surface area contributed by atoms with Crippen LogP contribution in [0.3, 0.4) is 0 Å².